The number of nitrogens with one attached hydrogen (secondary N) is 1. The van der Waals surface area contributed by atoms with Crippen LogP contribution in [-0.2, 0) is 4.79 Å². The zero-order valence-electron chi connectivity index (χ0n) is 12.1. The number of benzene rings is 2. The van der Waals surface area contributed by atoms with E-state index in [0.29, 0.717) is 6.42 Å². The topological polar surface area (TPSA) is 38.3 Å². The molecule has 2 aromatic rings. The van der Waals surface area contributed by atoms with Crippen molar-refractivity contribution in [1.29, 1.82) is 0 Å². The van der Waals surface area contributed by atoms with Crippen LogP contribution in [0.25, 0.3) is 0 Å². The first-order chi connectivity index (χ1) is 10.1. The molecule has 3 nitrogen and oxygen atoms in total. The molecule has 0 saturated carbocycles. The number of halogens is 1. The van der Waals surface area contributed by atoms with Crippen LogP contribution in [0.1, 0.15) is 18.9 Å². The van der Waals surface area contributed by atoms with E-state index in [1.165, 1.54) is 0 Å². The Morgan fingerprint density at radius 3 is 2.67 bits per heavy atom. The van der Waals surface area contributed by atoms with E-state index in [0.717, 1.165) is 21.5 Å². The van der Waals surface area contributed by atoms with Crippen LogP contribution in [0.15, 0.2) is 53.0 Å². The molecule has 2 aromatic carbocycles. The molecule has 0 bridgehead atoms. The van der Waals surface area contributed by atoms with Gasteiger partial charge in [-0.15, -0.1) is 0 Å². The number of hydrogen-bond donors (Lipinski definition) is 1. The predicted molar refractivity (Wildman–Crippen MR) is 88.7 cm³/mol. The summed E-state index contributed by atoms with van der Waals surface area (Å²) in [6, 6.07) is 15.2. The summed E-state index contributed by atoms with van der Waals surface area (Å²) >= 11 is 3.39. The molecule has 21 heavy (non-hydrogen) atoms. The fourth-order valence-electron chi connectivity index (χ4n) is 1.95. The van der Waals surface area contributed by atoms with Gasteiger partial charge in [-0.05, 0) is 43.2 Å². The van der Waals surface area contributed by atoms with Gasteiger partial charge in [-0.25, -0.2) is 0 Å². The summed E-state index contributed by atoms with van der Waals surface area (Å²) in [6.45, 7) is 3.90. The zero-order chi connectivity index (χ0) is 15.2. The Hall–Kier alpha value is -1.81. The van der Waals surface area contributed by atoms with Gasteiger partial charge in [-0.2, -0.15) is 0 Å². The molecule has 0 aliphatic heterocycles. The minimum absolute atomic E-state index is 0.140. The predicted octanol–water partition coefficient (Wildman–Crippen LogP) is 4.55. The molecule has 1 N–H and O–H groups in total. The Morgan fingerprint density at radius 2 is 2.00 bits per heavy atom. The van der Waals surface area contributed by atoms with Crippen molar-refractivity contribution in [1.82, 2.24) is 0 Å². The molecule has 1 atom stereocenters. The fourth-order valence-corrected chi connectivity index (χ4v) is 2.35. The molecule has 0 radical (unpaired) electrons. The molecule has 0 aliphatic carbocycles. The number of carbonyl (C=O) groups excluding carboxylic acids is 1. The Morgan fingerprint density at radius 1 is 1.24 bits per heavy atom. The summed E-state index contributed by atoms with van der Waals surface area (Å²) in [6.07, 6.45) is 0.0961. The van der Waals surface area contributed by atoms with E-state index in [1.54, 1.807) is 0 Å². The van der Waals surface area contributed by atoms with Crippen molar-refractivity contribution in [3.8, 4) is 5.75 Å². The van der Waals surface area contributed by atoms with Crippen LogP contribution >= 0.6 is 15.9 Å². The highest BCUT2D eigenvalue weighted by molar-refractivity contribution is 9.10. The SMILES string of the molecule is CC[C@@H](Oc1ccccc1C)C(=O)Nc1cccc(Br)c1. The van der Waals surface area contributed by atoms with Crippen LogP contribution in [0.5, 0.6) is 5.75 Å². The van der Waals surface area contributed by atoms with Crippen molar-refractivity contribution in [2.75, 3.05) is 5.32 Å². The summed E-state index contributed by atoms with van der Waals surface area (Å²) in [5.41, 5.74) is 1.77. The van der Waals surface area contributed by atoms with Gasteiger partial charge in [0.05, 0.1) is 0 Å². The smallest absolute Gasteiger partial charge is 0.265 e. The molecule has 2 rings (SSSR count). The van der Waals surface area contributed by atoms with Gasteiger partial charge < -0.3 is 10.1 Å². The maximum atomic E-state index is 12.3. The summed E-state index contributed by atoms with van der Waals surface area (Å²) in [4.78, 5) is 12.3. The maximum absolute atomic E-state index is 12.3. The van der Waals surface area contributed by atoms with E-state index in [1.807, 2.05) is 62.4 Å². The van der Waals surface area contributed by atoms with Gasteiger partial charge in [0.25, 0.3) is 5.91 Å². The molecule has 110 valence electrons. The molecular formula is C17H18BrNO2. The van der Waals surface area contributed by atoms with Crippen molar-refractivity contribution in [2.45, 2.75) is 26.4 Å². The van der Waals surface area contributed by atoms with Gasteiger partial charge in [-0.3, -0.25) is 4.79 Å². The van der Waals surface area contributed by atoms with Gasteiger partial charge >= 0.3 is 0 Å². The normalized spacial score (nSPS) is 11.8. The summed E-state index contributed by atoms with van der Waals surface area (Å²) in [5.74, 6) is 0.604. The van der Waals surface area contributed by atoms with E-state index in [2.05, 4.69) is 21.2 Å². The average Bonchev–Trinajstić information content (AvgIpc) is 2.46. The largest absolute Gasteiger partial charge is 0.480 e. The summed E-state index contributed by atoms with van der Waals surface area (Å²) < 4.78 is 6.76. The molecule has 0 fully saturated rings. The lowest BCUT2D eigenvalue weighted by molar-refractivity contribution is -0.122. The minimum atomic E-state index is -0.509. The number of aryl methyl sites for hydroxylation is 1. The number of amides is 1. The third kappa shape index (κ3) is 4.33. The summed E-state index contributed by atoms with van der Waals surface area (Å²) in [7, 11) is 0. The van der Waals surface area contributed by atoms with Gasteiger partial charge in [-0.1, -0.05) is 47.1 Å². The first-order valence-corrected chi connectivity index (χ1v) is 7.68. The monoisotopic (exact) mass is 347 g/mol. The van der Waals surface area contributed by atoms with E-state index in [9.17, 15) is 4.79 Å². The molecule has 0 spiro atoms. The molecule has 0 unspecified atom stereocenters. The number of rotatable bonds is 5. The lowest BCUT2D eigenvalue weighted by Crippen LogP contribution is -2.32. The highest BCUT2D eigenvalue weighted by Gasteiger charge is 2.19. The van der Waals surface area contributed by atoms with E-state index < -0.39 is 6.10 Å². The quantitative estimate of drug-likeness (QED) is 0.861. The number of anilines is 1. The lowest BCUT2D eigenvalue weighted by atomic mass is 10.2. The number of ether oxygens (including phenoxy) is 1. The molecule has 4 heteroatoms. The van der Waals surface area contributed by atoms with Gasteiger partial charge in [0, 0.05) is 10.2 Å². The second-order valence-corrected chi connectivity index (χ2v) is 5.70. The highest BCUT2D eigenvalue weighted by atomic mass is 79.9. The first kappa shape index (κ1) is 15.6. The maximum Gasteiger partial charge on any atom is 0.265 e. The third-order valence-electron chi connectivity index (χ3n) is 3.12. The van der Waals surface area contributed by atoms with E-state index >= 15 is 0 Å². The van der Waals surface area contributed by atoms with Crippen molar-refractivity contribution >= 4 is 27.5 Å². The standard InChI is InChI=1S/C17H18BrNO2/c1-3-15(21-16-10-5-4-7-12(16)2)17(20)19-14-9-6-8-13(18)11-14/h4-11,15H,3H2,1-2H3,(H,19,20)/t15-/m1/s1. The first-order valence-electron chi connectivity index (χ1n) is 6.89. The number of carbonyl (C=O) groups is 1. The van der Waals surface area contributed by atoms with Crippen LogP contribution in [0.4, 0.5) is 5.69 Å². The fraction of sp³-hybridized carbons (Fsp3) is 0.235. The van der Waals surface area contributed by atoms with Crippen LogP contribution in [0, 0.1) is 6.92 Å². The second kappa shape index (κ2) is 7.27. The molecule has 0 aromatic heterocycles. The molecule has 0 heterocycles. The van der Waals surface area contributed by atoms with Crippen molar-refractivity contribution in [3.05, 3.63) is 58.6 Å². The zero-order valence-corrected chi connectivity index (χ0v) is 13.7. The summed E-state index contributed by atoms with van der Waals surface area (Å²) in [5, 5.41) is 2.88. The van der Waals surface area contributed by atoms with Crippen molar-refractivity contribution in [2.24, 2.45) is 0 Å². The van der Waals surface area contributed by atoms with Crippen LogP contribution in [0.3, 0.4) is 0 Å². The van der Waals surface area contributed by atoms with Crippen LogP contribution in [-0.4, -0.2) is 12.0 Å². The minimum Gasteiger partial charge on any atom is -0.480 e. The average molecular weight is 348 g/mol. The van der Waals surface area contributed by atoms with Crippen molar-refractivity contribution < 1.29 is 9.53 Å². The Balaban J connectivity index is 2.07. The third-order valence-corrected chi connectivity index (χ3v) is 3.61. The van der Waals surface area contributed by atoms with Gasteiger partial charge in [0.1, 0.15) is 5.75 Å². The van der Waals surface area contributed by atoms with E-state index in [4.69, 9.17) is 4.74 Å². The number of para-hydroxylation sites is 1. The van der Waals surface area contributed by atoms with Crippen LogP contribution < -0.4 is 10.1 Å². The Bertz CT molecular complexity index is 628. The van der Waals surface area contributed by atoms with Gasteiger partial charge in [0.2, 0.25) is 0 Å². The molecule has 0 aliphatic rings. The lowest BCUT2D eigenvalue weighted by Gasteiger charge is -2.18. The second-order valence-electron chi connectivity index (χ2n) is 4.78. The van der Waals surface area contributed by atoms with Gasteiger partial charge in [0.15, 0.2) is 6.10 Å². The molecular weight excluding hydrogens is 330 g/mol. The van der Waals surface area contributed by atoms with Crippen LogP contribution in [0.2, 0.25) is 0 Å². The molecule has 0 saturated heterocycles. The molecule has 1 amide bonds. The van der Waals surface area contributed by atoms with E-state index in [-0.39, 0.29) is 5.91 Å². The Labute approximate surface area is 133 Å². The highest BCUT2D eigenvalue weighted by Crippen LogP contribution is 2.20. The Kier molecular flexibility index (Phi) is 5.39. The van der Waals surface area contributed by atoms with Crippen molar-refractivity contribution in [3.63, 3.8) is 0 Å². The number of hydrogen-bond acceptors (Lipinski definition) is 2.